The topological polar surface area (TPSA) is 78.9 Å². The van der Waals surface area contributed by atoms with Gasteiger partial charge in [-0.2, -0.15) is 0 Å². The molecule has 0 aliphatic rings. The fraction of sp³-hybridized carbons (Fsp3) is 0.656. The van der Waals surface area contributed by atoms with Crippen molar-refractivity contribution in [2.45, 2.75) is 245 Å². The smallest absolute Gasteiger partial charge is 0.306 e. The Kier molecular flexibility index (Phi) is 51.5. The molecule has 0 aromatic rings. The zero-order valence-corrected chi connectivity index (χ0v) is 43.4. The van der Waals surface area contributed by atoms with Crippen molar-refractivity contribution in [3.05, 3.63) is 109 Å². The zero-order chi connectivity index (χ0) is 48.6. The molecule has 0 rings (SSSR count). The Labute approximate surface area is 412 Å². The summed E-state index contributed by atoms with van der Waals surface area (Å²) in [6.45, 7) is 6.33. The molecule has 0 aromatic carbocycles. The van der Waals surface area contributed by atoms with Crippen LogP contribution < -0.4 is 0 Å². The molecule has 0 aliphatic carbocycles. The van der Waals surface area contributed by atoms with Crippen LogP contribution in [0.2, 0.25) is 0 Å². The first-order valence-corrected chi connectivity index (χ1v) is 27.4. The molecular formula is C61H100O6. The molecule has 0 spiro atoms. The van der Waals surface area contributed by atoms with Crippen LogP contribution in [0.5, 0.6) is 0 Å². The summed E-state index contributed by atoms with van der Waals surface area (Å²) < 4.78 is 16.8. The summed E-state index contributed by atoms with van der Waals surface area (Å²) in [5.41, 5.74) is 0. The summed E-state index contributed by atoms with van der Waals surface area (Å²) in [5, 5.41) is 0. The molecule has 0 heterocycles. The maximum atomic E-state index is 12.8. The number of unbranched alkanes of at least 4 members (excludes halogenated alkanes) is 19. The Morgan fingerprint density at radius 3 is 0.925 bits per heavy atom. The number of esters is 3. The standard InChI is InChI=1S/C61H100O6/c1-4-7-10-13-16-19-22-25-27-28-29-30-31-32-34-36-39-42-45-48-51-54-60(63)66-57-58(56-65-59(62)53-50-47-44-41-38-35-24-21-18-15-12-9-6-3)67-61(64)55-52-49-46-43-40-37-33-26-23-20-17-14-11-8-5-2/h7,9-10,12,16-21,25-27,29-30,33,35,38,58H,4-6,8,11,13-15,22-24,28,31-32,34,36-37,39-57H2,1-3H3/b10-7-,12-9-,19-16-,20-17-,21-18-,27-25-,30-29-,33-26-,38-35-. The van der Waals surface area contributed by atoms with Crippen molar-refractivity contribution in [1.82, 2.24) is 0 Å². The molecule has 67 heavy (non-hydrogen) atoms. The normalized spacial score (nSPS) is 12.9. The highest BCUT2D eigenvalue weighted by atomic mass is 16.6. The minimum Gasteiger partial charge on any atom is -0.462 e. The van der Waals surface area contributed by atoms with Gasteiger partial charge in [0.05, 0.1) is 0 Å². The second-order valence-electron chi connectivity index (χ2n) is 17.7. The highest BCUT2D eigenvalue weighted by Gasteiger charge is 2.19. The van der Waals surface area contributed by atoms with Gasteiger partial charge in [-0.15, -0.1) is 0 Å². The van der Waals surface area contributed by atoms with Crippen molar-refractivity contribution < 1.29 is 28.6 Å². The molecule has 380 valence electrons. The van der Waals surface area contributed by atoms with E-state index in [4.69, 9.17) is 14.2 Å². The van der Waals surface area contributed by atoms with E-state index in [9.17, 15) is 14.4 Å². The second-order valence-corrected chi connectivity index (χ2v) is 17.7. The second kappa shape index (κ2) is 54.7. The molecule has 0 saturated heterocycles. The van der Waals surface area contributed by atoms with Gasteiger partial charge in [-0.1, -0.05) is 207 Å². The summed E-state index contributed by atoms with van der Waals surface area (Å²) in [4.78, 5) is 38.1. The molecule has 1 unspecified atom stereocenters. The molecule has 0 saturated carbocycles. The number of hydrogen-bond acceptors (Lipinski definition) is 6. The maximum absolute atomic E-state index is 12.8. The Morgan fingerprint density at radius 2 is 0.582 bits per heavy atom. The number of rotatable bonds is 48. The lowest BCUT2D eigenvalue weighted by atomic mass is 10.1. The lowest BCUT2D eigenvalue weighted by molar-refractivity contribution is -0.167. The number of carbonyl (C=O) groups excluding carboxylic acids is 3. The number of carbonyl (C=O) groups is 3. The number of ether oxygens (including phenoxy) is 3. The predicted octanol–water partition coefficient (Wildman–Crippen LogP) is 18.3. The van der Waals surface area contributed by atoms with Crippen LogP contribution in [0.4, 0.5) is 0 Å². The average molecular weight is 929 g/mol. The van der Waals surface area contributed by atoms with Crippen LogP contribution in [0.3, 0.4) is 0 Å². The van der Waals surface area contributed by atoms with Gasteiger partial charge in [-0.05, 0) is 122 Å². The van der Waals surface area contributed by atoms with Crippen LogP contribution in [-0.4, -0.2) is 37.2 Å². The van der Waals surface area contributed by atoms with Crippen molar-refractivity contribution in [3.8, 4) is 0 Å². The first kappa shape index (κ1) is 63.1. The highest BCUT2D eigenvalue weighted by Crippen LogP contribution is 2.14. The van der Waals surface area contributed by atoms with Crippen molar-refractivity contribution in [1.29, 1.82) is 0 Å². The van der Waals surface area contributed by atoms with Gasteiger partial charge in [0.15, 0.2) is 6.10 Å². The molecule has 0 fully saturated rings. The lowest BCUT2D eigenvalue weighted by Gasteiger charge is -2.18. The number of hydrogen-bond donors (Lipinski definition) is 0. The third-order valence-electron chi connectivity index (χ3n) is 11.2. The number of allylic oxidation sites excluding steroid dienone is 18. The Hall–Kier alpha value is -3.93. The molecule has 6 nitrogen and oxygen atoms in total. The third kappa shape index (κ3) is 52.9. The molecule has 0 bridgehead atoms. The van der Waals surface area contributed by atoms with Crippen LogP contribution in [0.25, 0.3) is 0 Å². The van der Waals surface area contributed by atoms with Gasteiger partial charge in [0.25, 0.3) is 0 Å². The summed E-state index contributed by atoms with van der Waals surface area (Å²) >= 11 is 0. The average Bonchev–Trinajstić information content (AvgIpc) is 3.33. The van der Waals surface area contributed by atoms with Crippen LogP contribution in [0.15, 0.2) is 109 Å². The van der Waals surface area contributed by atoms with E-state index in [0.717, 1.165) is 141 Å². The fourth-order valence-electron chi connectivity index (χ4n) is 7.18. The lowest BCUT2D eigenvalue weighted by Crippen LogP contribution is -2.30. The van der Waals surface area contributed by atoms with Gasteiger partial charge in [0.2, 0.25) is 0 Å². The molecule has 0 N–H and O–H groups in total. The molecular weight excluding hydrogens is 829 g/mol. The van der Waals surface area contributed by atoms with E-state index >= 15 is 0 Å². The third-order valence-corrected chi connectivity index (χ3v) is 11.2. The van der Waals surface area contributed by atoms with Crippen LogP contribution in [-0.2, 0) is 28.6 Å². The molecule has 0 amide bonds. The van der Waals surface area contributed by atoms with E-state index in [2.05, 4.69) is 130 Å². The maximum Gasteiger partial charge on any atom is 0.306 e. The van der Waals surface area contributed by atoms with E-state index in [1.54, 1.807) is 0 Å². The monoisotopic (exact) mass is 929 g/mol. The molecule has 1 atom stereocenters. The van der Waals surface area contributed by atoms with Crippen molar-refractivity contribution >= 4 is 17.9 Å². The van der Waals surface area contributed by atoms with E-state index in [0.29, 0.717) is 19.3 Å². The Morgan fingerprint density at radius 1 is 0.313 bits per heavy atom. The van der Waals surface area contributed by atoms with E-state index in [-0.39, 0.29) is 31.1 Å². The summed E-state index contributed by atoms with van der Waals surface area (Å²) in [5.74, 6) is -0.953. The van der Waals surface area contributed by atoms with E-state index < -0.39 is 6.10 Å². The SMILES string of the molecule is CC/C=C\C/C=C\C/C=C\C/C=C\CCCCCCCCCCC(=O)OCC(COC(=O)CCCCC/C=C\C/C=C\C/C=C\CC)OC(=O)CCCCCCC/C=C\C/C=C\CCCCC. The molecule has 0 aromatic heterocycles. The highest BCUT2D eigenvalue weighted by molar-refractivity contribution is 5.71. The van der Waals surface area contributed by atoms with Crippen molar-refractivity contribution in [3.63, 3.8) is 0 Å². The quantitative estimate of drug-likeness (QED) is 0.0262. The Bertz CT molecular complexity index is 1390. The minimum atomic E-state index is -0.803. The summed E-state index contributed by atoms with van der Waals surface area (Å²) in [7, 11) is 0. The predicted molar refractivity (Wildman–Crippen MR) is 288 cm³/mol. The summed E-state index contributed by atoms with van der Waals surface area (Å²) in [6.07, 6.45) is 73.6. The van der Waals surface area contributed by atoms with Crippen LogP contribution >= 0.6 is 0 Å². The molecule has 6 heteroatoms. The van der Waals surface area contributed by atoms with Gasteiger partial charge >= 0.3 is 17.9 Å². The first-order valence-electron chi connectivity index (χ1n) is 27.4. The zero-order valence-electron chi connectivity index (χ0n) is 43.4. The van der Waals surface area contributed by atoms with Gasteiger partial charge in [0.1, 0.15) is 13.2 Å². The molecule has 0 radical (unpaired) electrons. The Balaban J connectivity index is 4.43. The van der Waals surface area contributed by atoms with Gasteiger partial charge in [-0.25, -0.2) is 0 Å². The van der Waals surface area contributed by atoms with Crippen LogP contribution in [0, 0.1) is 0 Å². The van der Waals surface area contributed by atoms with Gasteiger partial charge in [0, 0.05) is 19.3 Å². The first-order chi connectivity index (χ1) is 33.0. The van der Waals surface area contributed by atoms with Gasteiger partial charge < -0.3 is 14.2 Å². The van der Waals surface area contributed by atoms with Crippen LogP contribution in [0.1, 0.15) is 239 Å². The fourth-order valence-corrected chi connectivity index (χ4v) is 7.18. The van der Waals surface area contributed by atoms with Crippen molar-refractivity contribution in [2.24, 2.45) is 0 Å². The largest absolute Gasteiger partial charge is 0.462 e. The van der Waals surface area contributed by atoms with E-state index in [1.807, 2.05) is 0 Å². The minimum absolute atomic E-state index is 0.0993. The summed E-state index contributed by atoms with van der Waals surface area (Å²) in [6, 6.07) is 0. The van der Waals surface area contributed by atoms with Gasteiger partial charge in [-0.3, -0.25) is 14.4 Å². The molecule has 0 aliphatic heterocycles. The van der Waals surface area contributed by atoms with E-state index in [1.165, 1.54) is 57.8 Å². The van der Waals surface area contributed by atoms with Crippen molar-refractivity contribution in [2.75, 3.05) is 13.2 Å².